The second kappa shape index (κ2) is 7.29. The Kier molecular flexibility index (Phi) is 5.40. The Hall–Kier alpha value is -1.35. The number of hydrogen-bond acceptors (Lipinski definition) is 2. The quantitative estimate of drug-likeness (QED) is 0.846. The van der Waals surface area contributed by atoms with Gasteiger partial charge in [-0.15, -0.1) is 0 Å². The lowest BCUT2D eigenvalue weighted by Crippen LogP contribution is -2.42. The van der Waals surface area contributed by atoms with Crippen molar-refractivity contribution in [3.05, 3.63) is 35.9 Å². The third-order valence-corrected chi connectivity index (χ3v) is 3.96. The van der Waals surface area contributed by atoms with Crippen molar-refractivity contribution in [1.29, 1.82) is 0 Å². The zero-order chi connectivity index (χ0) is 13.5. The first-order chi connectivity index (χ1) is 9.31. The van der Waals surface area contributed by atoms with Gasteiger partial charge in [-0.1, -0.05) is 56.0 Å². The van der Waals surface area contributed by atoms with Gasteiger partial charge in [-0.25, -0.2) is 0 Å². The summed E-state index contributed by atoms with van der Waals surface area (Å²) in [5.41, 5.74) is 6.77. The van der Waals surface area contributed by atoms with E-state index >= 15 is 0 Å². The highest BCUT2D eigenvalue weighted by Gasteiger charge is 2.23. The van der Waals surface area contributed by atoms with Crippen molar-refractivity contribution in [3.8, 4) is 0 Å². The number of rotatable bonds is 4. The van der Waals surface area contributed by atoms with E-state index in [4.69, 9.17) is 5.73 Å². The fourth-order valence-electron chi connectivity index (χ4n) is 2.89. The van der Waals surface area contributed by atoms with Crippen LogP contribution in [0, 0.1) is 0 Å². The van der Waals surface area contributed by atoms with Gasteiger partial charge in [0.1, 0.15) is 0 Å². The van der Waals surface area contributed by atoms with E-state index in [0.29, 0.717) is 12.6 Å². The minimum Gasteiger partial charge on any atom is -0.334 e. The molecule has 0 atom stereocenters. The van der Waals surface area contributed by atoms with Crippen LogP contribution in [0.5, 0.6) is 0 Å². The Balaban J connectivity index is 2.08. The Bertz CT molecular complexity index is 383. The lowest BCUT2D eigenvalue weighted by Gasteiger charge is -2.31. The van der Waals surface area contributed by atoms with Crippen LogP contribution in [0.1, 0.15) is 44.1 Å². The minimum atomic E-state index is 0.0794. The van der Waals surface area contributed by atoms with Crippen LogP contribution in [-0.2, 0) is 11.3 Å². The van der Waals surface area contributed by atoms with E-state index in [1.165, 1.54) is 31.2 Å². The molecule has 1 aromatic rings. The number of carbonyl (C=O) groups is 1. The summed E-state index contributed by atoms with van der Waals surface area (Å²) in [7, 11) is 0. The van der Waals surface area contributed by atoms with Crippen molar-refractivity contribution in [2.24, 2.45) is 5.73 Å². The zero-order valence-corrected chi connectivity index (χ0v) is 11.6. The molecule has 0 radical (unpaired) electrons. The number of carbonyl (C=O) groups excluding carboxylic acids is 1. The van der Waals surface area contributed by atoms with E-state index in [0.717, 1.165) is 12.8 Å². The molecular formula is C16H24N2O. The Morgan fingerprint density at radius 2 is 1.74 bits per heavy atom. The van der Waals surface area contributed by atoms with Crippen LogP contribution in [0.25, 0.3) is 0 Å². The fraction of sp³-hybridized carbons (Fsp3) is 0.562. The zero-order valence-electron chi connectivity index (χ0n) is 11.6. The van der Waals surface area contributed by atoms with Crippen LogP contribution in [0.2, 0.25) is 0 Å². The van der Waals surface area contributed by atoms with E-state index in [-0.39, 0.29) is 12.5 Å². The Morgan fingerprint density at radius 3 is 2.32 bits per heavy atom. The summed E-state index contributed by atoms with van der Waals surface area (Å²) in [5.74, 6) is 0.0794. The van der Waals surface area contributed by atoms with E-state index in [2.05, 4.69) is 12.1 Å². The van der Waals surface area contributed by atoms with Gasteiger partial charge in [0.05, 0.1) is 6.54 Å². The molecule has 0 aliphatic heterocycles. The molecule has 3 nitrogen and oxygen atoms in total. The van der Waals surface area contributed by atoms with Gasteiger partial charge in [0, 0.05) is 12.6 Å². The van der Waals surface area contributed by atoms with Gasteiger partial charge in [-0.2, -0.15) is 0 Å². The van der Waals surface area contributed by atoms with Gasteiger partial charge >= 0.3 is 0 Å². The standard InChI is InChI=1S/C16H24N2O/c17-12-16(19)18(13-14-8-4-3-5-9-14)15-10-6-1-2-7-11-15/h3-5,8-9,15H,1-2,6-7,10-13,17H2. The molecule has 1 aliphatic rings. The van der Waals surface area contributed by atoms with Gasteiger partial charge in [-0.05, 0) is 18.4 Å². The molecule has 0 bridgehead atoms. The molecular weight excluding hydrogens is 236 g/mol. The van der Waals surface area contributed by atoms with E-state index < -0.39 is 0 Å². The molecule has 2 rings (SSSR count). The molecule has 1 aromatic carbocycles. The smallest absolute Gasteiger partial charge is 0.236 e. The number of nitrogens with zero attached hydrogens (tertiary/aromatic N) is 1. The van der Waals surface area contributed by atoms with Crippen molar-refractivity contribution < 1.29 is 4.79 Å². The SMILES string of the molecule is NCC(=O)N(Cc1ccccc1)C1CCCCCC1. The highest BCUT2D eigenvalue weighted by molar-refractivity contribution is 5.78. The molecule has 0 spiro atoms. The number of benzene rings is 1. The third-order valence-electron chi connectivity index (χ3n) is 3.96. The molecule has 1 fully saturated rings. The lowest BCUT2D eigenvalue weighted by molar-refractivity contribution is -0.133. The number of hydrogen-bond donors (Lipinski definition) is 1. The Labute approximate surface area is 115 Å². The fourth-order valence-corrected chi connectivity index (χ4v) is 2.89. The maximum absolute atomic E-state index is 12.1. The van der Waals surface area contributed by atoms with Crippen molar-refractivity contribution in [1.82, 2.24) is 4.90 Å². The van der Waals surface area contributed by atoms with Crippen LogP contribution in [0.15, 0.2) is 30.3 Å². The van der Waals surface area contributed by atoms with E-state index in [9.17, 15) is 4.79 Å². The summed E-state index contributed by atoms with van der Waals surface area (Å²) in [4.78, 5) is 14.1. The summed E-state index contributed by atoms with van der Waals surface area (Å²) in [6.45, 7) is 0.810. The lowest BCUT2D eigenvalue weighted by atomic mass is 10.1. The van der Waals surface area contributed by atoms with E-state index in [1.54, 1.807) is 0 Å². The Morgan fingerprint density at radius 1 is 1.11 bits per heavy atom. The van der Waals surface area contributed by atoms with Crippen LogP contribution >= 0.6 is 0 Å². The highest BCUT2D eigenvalue weighted by Crippen LogP contribution is 2.23. The summed E-state index contributed by atoms with van der Waals surface area (Å²) in [5, 5.41) is 0. The predicted octanol–water partition coefficient (Wildman–Crippen LogP) is 2.70. The monoisotopic (exact) mass is 260 g/mol. The first kappa shape index (κ1) is 14.1. The summed E-state index contributed by atoms with van der Waals surface area (Å²) < 4.78 is 0. The average Bonchev–Trinajstić information content (AvgIpc) is 2.74. The van der Waals surface area contributed by atoms with Gasteiger partial charge < -0.3 is 10.6 Å². The van der Waals surface area contributed by atoms with Crippen LogP contribution in [0.3, 0.4) is 0 Å². The van der Waals surface area contributed by atoms with Gasteiger partial charge in [0.15, 0.2) is 0 Å². The van der Waals surface area contributed by atoms with Crippen LogP contribution in [-0.4, -0.2) is 23.4 Å². The number of nitrogens with two attached hydrogens (primary N) is 1. The minimum absolute atomic E-state index is 0.0794. The molecule has 3 heteroatoms. The van der Waals surface area contributed by atoms with Crippen LogP contribution in [0.4, 0.5) is 0 Å². The van der Waals surface area contributed by atoms with E-state index in [1.807, 2.05) is 23.1 Å². The molecule has 2 N–H and O–H groups in total. The first-order valence-corrected chi connectivity index (χ1v) is 7.34. The topological polar surface area (TPSA) is 46.3 Å². The van der Waals surface area contributed by atoms with Crippen molar-refractivity contribution in [2.75, 3.05) is 6.54 Å². The maximum atomic E-state index is 12.1. The molecule has 0 aromatic heterocycles. The summed E-state index contributed by atoms with van der Waals surface area (Å²) in [6.07, 6.45) is 7.30. The van der Waals surface area contributed by atoms with Crippen molar-refractivity contribution in [2.45, 2.75) is 51.1 Å². The number of amides is 1. The van der Waals surface area contributed by atoms with Gasteiger partial charge in [0.2, 0.25) is 5.91 Å². The first-order valence-electron chi connectivity index (χ1n) is 7.34. The molecule has 1 saturated carbocycles. The van der Waals surface area contributed by atoms with Gasteiger partial charge in [0.25, 0.3) is 0 Å². The summed E-state index contributed by atoms with van der Waals surface area (Å²) in [6, 6.07) is 10.6. The van der Waals surface area contributed by atoms with Crippen LogP contribution < -0.4 is 5.73 Å². The van der Waals surface area contributed by atoms with Crippen molar-refractivity contribution >= 4 is 5.91 Å². The average molecular weight is 260 g/mol. The highest BCUT2D eigenvalue weighted by atomic mass is 16.2. The molecule has 0 heterocycles. The molecule has 0 saturated heterocycles. The molecule has 19 heavy (non-hydrogen) atoms. The van der Waals surface area contributed by atoms with Gasteiger partial charge in [-0.3, -0.25) is 4.79 Å². The maximum Gasteiger partial charge on any atom is 0.236 e. The molecule has 104 valence electrons. The van der Waals surface area contributed by atoms with Crippen molar-refractivity contribution in [3.63, 3.8) is 0 Å². The molecule has 1 amide bonds. The predicted molar refractivity (Wildman–Crippen MR) is 77.5 cm³/mol. The normalized spacial score (nSPS) is 16.9. The third kappa shape index (κ3) is 4.06. The summed E-state index contributed by atoms with van der Waals surface area (Å²) >= 11 is 0. The molecule has 1 aliphatic carbocycles. The largest absolute Gasteiger partial charge is 0.334 e. The second-order valence-electron chi connectivity index (χ2n) is 5.36. The second-order valence-corrected chi connectivity index (χ2v) is 5.36. The molecule has 0 unspecified atom stereocenters.